The van der Waals surface area contributed by atoms with Gasteiger partial charge in [0.05, 0.1) is 0 Å². The zero-order chi connectivity index (χ0) is 14.6. The monoisotopic (exact) mass is 271 g/mol. The van der Waals surface area contributed by atoms with Gasteiger partial charge in [-0.25, -0.2) is 0 Å². The van der Waals surface area contributed by atoms with Crippen LogP contribution in [0.3, 0.4) is 0 Å². The third-order valence-electron chi connectivity index (χ3n) is 4.78. The standard InChI is InChI=1S/C19H29N/c1-19(2,3)18-11-9-16(10-12-18)17-8-4-6-15(14-17)7-5-13-20/h4-8,14,16,18H,9-13,20H2,1-3H3/b7-5+. The van der Waals surface area contributed by atoms with Crippen molar-refractivity contribution in [2.24, 2.45) is 17.1 Å². The smallest absolute Gasteiger partial charge is 0.0110 e. The van der Waals surface area contributed by atoms with Crippen LogP contribution in [0.4, 0.5) is 0 Å². The van der Waals surface area contributed by atoms with Gasteiger partial charge in [-0.05, 0) is 54.1 Å². The second-order valence-corrected chi connectivity index (χ2v) is 7.22. The van der Waals surface area contributed by atoms with E-state index in [4.69, 9.17) is 5.73 Å². The molecule has 0 bridgehead atoms. The molecule has 0 radical (unpaired) electrons. The summed E-state index contributed by atoms with van der Waals surface area (Å²) in [6, 6.07) is 8.98. The van der Waals surface area contributed by atoms with Crippen molar-refractivity contribution in [2.75, 3.05) is 6.54 Å². The van der Waals surface area contributed by atoms with Gasteiger partial charge in [0.25, 0.3) is 0 Å². The van der Waals surface area contributed by atoms with E-state index in [2.05, 4.69) is 51.1 Å². The first-order chi connectivity index (χ1) is 9.50. The molecule has 0 aliphatic heterocycles. The topological polar surface area (TPSA) is 26.0 Å². The summed E-state index contributed by atoms with van der Waals surface area (Å²) < 4.78 is 0. The molecule has 2 N–H and O–H groups in total. The van der Waals surface area contributed by atoms with E-state index in [1.54, 1.807) is 0 Å². The van der Waals surface area contributed by atoms with Crippen LogP contribution in [0.1, 0.15) is 63.5 Å². The van der Waals surface area contributed by atoms with E-state index in [1.165, 1.54) is 36.8 Å². The minimum atomic E-state index is 0.469. The first kappa shape index (κ1) is 15.3. The van der Waals surface area contributed by atoms with Crippen molar-refractivity contribution in [2.45, 2.75) is 52.4 Å². The SMILES string of the molecule is CC(C)(C)C1CCC(c2cccc(/C=C/CN)c2)CC1. The average Bonchev–Trinajstić information content (AvgIpc) is 2.45. The van der Waals surface area contributed by atoms with Crippen LogP contribution in [0.5, 0.6) is 0 Å². The van der Waals surface area contributed by atoms with Gasteiger partial charge in [0.15, 0.2) is 0 Å². The lowest BCUT2D eigenvalue weighted by Gasteiger charge is -2.37. The van der Waals surface area contributed by atoms with Crippen molar-refractivity contribution in [1.29, 1.82) is 0 Å². The Kier molecular flexibility index (Phi) is 5.04. The van der Waals surface area contributed by atoms with Gasteiger partial charge in [-0.1, -0.05) is 57.2 Å². The molecule has 1 aromatic rings. The molecule has 0 heterocycles. The summed E-state index contributed by atoms with van der Waals surface area (Å²) in [5, 5.41) is 0. The Morgan fingerprint density at radius 2 is 1.85 bits per heavy atom. The Bertz CT molecular complexity index is 445. The van der Waals surface area contributed by atoms with Gasteiger partial charge in [-0.3, -0.25) is 0 Å². The molecule has 2 rings (SSSR count). The maximum absolute atomic E-state index is 5.53. The van der Waals surface area contributed by atoms with Crippen molar-refractivity contribution in [1.82, 2.24) is 0 Å². The van der Waals surface area contributed by atoms with Crippen LogP contribution < -0.4 is 5.73 Å². The molecule has 1 saturated carbocycles. The molecule has 0 unspecified atom stereocenters. The summed E-state index contributed by atoms with van der Waals surface area (Å²) in [7, 11) is 0. The van der Waals surface area contributed by atoms with Gasteiger partial charge in [-0.15, -0.1) is 0 Å². The van der Waals surface area contributed by atoms with Crippen molar-refractivity contribution < 1.29 is 0 Å². The number of hydrogen-bond donors (Lipinski definition) is 1. The van der Waals surface area contributed by atoms with Crippen LogP contribution in [0.2, 0.25) is 0 Å². The predicted octanol–water partition coefficient (Wildman–Crippen LogP) is 4.98. The fraction of sp³-hybridized carbons (Fsp3) is 0.579. The molecule has 1 fully saturated rings. The highest BCUT2D eigenvalue weighted by Crippen LogP contribution is 2.43. The second-order valence-electron chi connectivity index (χ2n) is 7.22. The van der Waals surface area contributed by atoms with Crippen molar-refractivity contribution in [3.8, 4) is 0 Å². The van der Waals surface area contributed by atoms with Crippen molar-refractivity contribution >= 4 is 6.08 Å². The largest absolute Gasteiger partial charge is 0.327 e. The zero-order valence-corrected chi connectivity index (χ0v) is 13.2. The molecule has 1 heteroatoms. The van der Waals surface area contributed by atoms with Crippen LogP contribution in [0, 0.1) is 11.3 Å². The molecule has 1 nitrogen and oxygen atoms in total. The summed E-state index contributed by atoms with van der Waals surface area (Å²) in [6.45, 7) is 7.77. The second kappa shape index (κ2) is 6.58. The third kappa shape index (κ3) is 3.96. The molecule has 1 aromatic carbocycles. The number of hydrogen-bond acceptors (Lipinski definition) is 1. The molecular weight excluding hydrogens is 242 g/mol. The van der Waals surface area contributed by atoms with Gasteiger partial charge in [0.2, 0.25) is 0 Å². The minimum Gasteiger partial charge on any atom is -0.327 e. The number of nitrogens with two attached hydrogens (primary N) is 1. The minimum absolute atomic E-state index is 0.469. The Morgan fingerprint density at radius 3 is 2.45 bits per heavy atom. The first-order valence-electron chi connectivity index (χ1n) is 7.97. The molecule has 0 spiro atoms. The van der Waals surface area contributed by atoms with E-state index in [-0.39, 0.29) is 0 Å². The number of rotatable bonds is 3. The van der Waals surface area contributed by atoms with E-state index >= 15 is 0 Å². The fourth-order valence-corrected chi connectivity index (χ4v) is 3.41. The van der Waals surface area contributed by atoms with Gasteiger partial charge < -0.3 is 5.73 Å². The first-order valence-corrected chi connectivity index (χ1v) is 7.97. The quantitative estimate of drug-likeness (QED) is 0.824. The van der Waals surface area contributed by atoms with Crippen LogP contribution in [0.25, 0.3) is 6.08 Å². The molecule has 0 atom stereocenters. The van der Waals surface area contributed by atoms with Crippen LogP contribution in [-0.4, -0.2) is 6.54 Å². The Labute approximate surface area is 124 Å². The highest BCUT2D eigenvalue weighted by atomic mass is 14.5. The van der Waals surface area contributed by atoms with Crippen LogP contribution in [-0.2, 0) is 0 Å². The summed E-state index contributed by atoms with van der Waals surface area (Å²) in [5.74, 6) is 1.64. The van der Waals surface area contributed by atoms with Crippen LogP contribution >= 0.6 is 0 Å². The molecule has 1 aliphatic carbocycles. The third-order valence-corrected chi connectivity index (χ3v) is 4.78. The van der Waals surface area contributed by atoms with Gasteiger partial charge in [0.1, 0.15) is 0 Å². The lowest BCUT2D eigenvalue weighted by molar-refractivity contribution is 0.169. The van der Waals surface area contributed by atoms with Crippen molar-refractivity contribution in [3.63, 3.8) is 0 Å². The van der Waals surface area contributed by atoms with E-state index < -0.39 is 0 Å². The lowest BCUT2D eigenvalue weighted by Crippen LogP contribution is -2.25. The lowest BCUT2D eigenvalue weighted by atomic mass is 9.68. The summed E-state index contributed by atoms with van der Waals surface area (Å²) >= 11 is 0. The van der Waals surface area contributed by atoms with Crippen LogP contribution in [0.15, 0.2) is 30.3 Å². The Balaban J connectivity index is 2.02. The maximum Gasteiger partial charge on any atom is 0.0110 e. The Morgan fingerprint density at radius 1 is 1.15 bits per heavy atom. The highest BCUT2D eigenvalue weighted by molar-refractivity contribution is 5.50. The predicted molar refractivity (Wildman–Crippen MR) is 88.7 cm³/mol. The average molecular weight is 271 g/mol. The molecule has 0 saturated heterocycles. The highest BCUT2D eigenvalue weighted by Gasteiger charge is 2.30. The normalized spacial score (nSPS) is 24.2. The van der Waals surface area contributed by atoms with Gasteiger partial charge in [-0.2, -0.15) is 0 Å². The van der Waals surface area contributed by atoms with Gasteiger partial charge in [0, 0.05) is 6.54 Å². The van der Waals surface area contributed by atoms with E-state index in [0.29, 0.717) is 12.0 Å². The molecule has 0 amide bonds. The fourth-order valence-electron chi connectivity index (χ4n) is 3.41. The van der Waals surface area contributed by atoms with E-state index in [1.807, 2.05) is 6.08 Å². The van der Waals surface area contributed by atoms with Crippen molar-refractivity contribution in [3.05, 3.63) is 41.5 Å². The molecular formula is C19H29N. The molecule has 20 heavy (non-hydrogen) atoms. The summed E-state index contributed by atoms with van der Waals surface area (Å²) in [6.07, 6.45) is 9.58. The zero-order valence-electron chi connectivity index (χ0n) is 13.2. The maximum atomic E-state index is 5.53. The Hall–Kier alpha value is -1.08. The molecule has 110 valence electrons. The molecule has 1 aliphatic rings. The van der Waals surface area contributed by atoms with E-state index in [0.717, 1.165) is 11.8 Å². The molecule has 0 aromatic heterocycles. The summed E-state index contributed by atoms with van der Waals surface area (Å²) in [4.78, 5) is 0. The number of benzene rings is 1. The van der Waals surface area contributed by atoms with E-state index in [9.17, 15) is 0 Å². The summed E-state index contributed by atoms with van der Waals surface area (Å²) in [5.41, 5.74) is 8.79. The van der Waals surface area contributed by atoms with Gasteiger partial charge >= 0.3 is 0 Å².